The first kappa shape index (κ1) is 16.0. The number of aromatic nitrogens is 4. The predicted molar refractivity (Wildman–Crippen MR) is 95.4 cm³/mol. The Morgan fingerprint density at radius 3 is 2.96 bits per heavy atom. The predicted octanol–water partition coefficient (Wildman–Crippen LogP) is -0.193. The highest BCUT2D eigenvalue weighted by atomic mass is 16.2. The minimum Gasteiger partial charge on any atom is -0.351 e. The van der Waals surface area contributed by atoms with Gasteiger partial charge in [0.05, 0.1) is 6.04 Å². The summed E-state index contributed by atoms with van der Waals surface area (Å²) in [6, 6.07) is 4.45. The number of carbonyl (C=O) groups is 1. The number of fused-ring (bicyclic) bond motifs is 2. The second-order valence-corrected chi connectivity index (χ2v) is 7.65. The summed E-state index contributed by atoms with van der Waals surface area (Å²) in [5.41, 5.74) is 7.33. The molecule has 0 bridgehead atoms. The highest BCUT2D eigenvalue weighted by molar-refractivity contribution is 5.83. The molecule has 9 nitrogen and oxygen atoms in total. The molecule has 3 aliphatic rings. The van der Waals surface area contributed by atoms with Gasteiger partial charge in [-0.15, -0.1) is 15.3 Å². The topological polar surface area (TPSA) is 90.7 Å². The smallest absolute Gasteiger partial charge is 0.241 e. The van der Waals surface area contributed by atoms with Gasteiger partial charge in [-0.25, -0.2) is 5.43 Å². The molecule has 1 saturated carbocycles. The Labute approximate surface area is 151 Å². The van der Waals surface area contributed by atoms with Crippen molar-refractivity contribution < 1.29 is 4.79 Å². The van der Waals surface area contributed by atoms with Crippen LogP contribution in [0.5, 0.6) is 0 Å². The van der Waals surface area contributed by atoms with Crippen LogP contribution in [0.15, 0.2) is 18.5 Å². The molecule has 2 N–H and O–H groups in total. The number of rotatable bonds is 3. The zero-order valence-corrected chi connectivity index (χ0v) is 14.9. The van der Waals surface area contributed by atoms with Crippen LogP contribution in [-0.2, 0) is 4.79 Å². The molecule has 2 aromatic rings. The normalized spacial score (nSPS) is 28.8. The van der Waals surface area contributed by atoms with E-state index >= 15 is 0 Å². The third-order valence-corrected chi connectivity index (χ3v) is 6.17. The van der Waals surface area contributed by atoms with Gasteiger partial charge in [-0.1, -0.05) is 12.8 Å². The Morgan fingerprint density at radius 1 is 1.23 bits per heavy atom. The number of hydrogen-bond acceptors (Lipinski definition) is 7. The summed E-state index contributed by atoms with van der Waals surface area (Å²) in [6.45, 7) is 1.61. The van der Waals surface area contributed by atoms with Gasteiger partial charge in [-0.3, -0.25) is 10.2 Å². The van der Waals surface area contributed by atoms with E-state index in [-0.39, 0.29) is 18.0 Å². The van der Waals surface area contributed by atoms with Gasteiger partial charge in [0.2, 0.25) is 5.91 Å². The fourth-order valence-electron chi connectivity index (χ4n) is 4.46. The number of anilines is 1. The van der Waals surface area contributed by atoms with Gasteiger partial charge in [0, 0.05) is 32.1 Å². The zero-order valence-electron chi connectivity index (χ0n) is 14.9. The summed E-state index contributed by atoms with van der Waals surface area (Å²) in [4.78, 5) is 17.1. The lowest BCUT2D eigenvalue weighted by molar-refractivity contribution is -0.135. The first-order valence-electron chi connectivity index (χ1n) is 9.40. The maximum Gasteiger partial charge on any atom is 0.241 e. The van der Waals surface area contributed by atoms with Gasteiger partial charge in [0.1, 0.15) is 18.2 Å². The number of amides is 1. The van der Waals surface area contributed by atoms with Crippen LogP contribution in [0.1, 0.15) is 25.7 Å². The van der Waals surface area contributed by atoms with Gasteiger partial charge in [-0.05, 0) is 25.0 Å². The molecular weight excluding hydrogens is 332 g/mol. The van der Waals surface area contributed by atoms with Crippen molar-refractivity contribution >= 4 is 17.4 Å². The number of carbonyl (C=O) groups excluding carboxylic acids is 1. The Hall–Kier alpha value is -2.26. The standard InChI is InChI=1S/C17H24N8O/c1-23(17(26)16-12-4-2-3-5-13(12)19-21-16)11-8-24(9-11)15-7-6-14-20-18-10-25(14)22-15/h6-7,10-13,16,19,21H,2-5,8-9H2,1H3. The van der Waals surface area contributed by atoms with Crippen LogP contribution in [0, 0.1) is 5.92 Å². The second kappa shape index (κ2) is 6.17. The van der Waals surface area contributed by atoms with Crippen LogP contribution in [0.3, 0.4) is 0 Å². The van der Waals surface area contributed by atoms with E-state index in [0.29, 0.717) is 12.0 Å². The van der Waals surface area contributed by atoms with Crippen molar-refractivity contribution in [3.8, 4) is 0 Å². The van der Waals surface area contributed by atoms with Crippen molar-refractivity contribution in [3.05, 3.63) is 18.5 Å². The monoisotopic (exact) mass is 356 g/mol. The molecule has 0 aromatic carbocycles. The molecule has 2 aromatic heterocycles. The van der Waals surface area contributed by atoms with Crippen LogP contribution in [0.25, 0.3) is 5.65 Å². The average Bonchev–Trinajstić information content (AvgIpc) is 3.26. The number of likely N-dealkylation sites (N-methyl/N-ethyl adjacent to an activating group) is 1. The molecule has 3 atom stereocenters. The van der Waals surface area contributed by atoms with Crippen LogP contribution in [0.2, 0.25) is 0 Å². The van der Waals surface area contributed by atoms with Gasteiger partial charge >= 0.3 is 0 Å². The molecule has 1 aliphatic carbocycles. The third-order valence-electron chi connectivity index (χ3n) is 6.17. The quantitative estimate of drug-likeness (QED) is 0.787. The Balaban J connectivity index is 1.22. The molecule has 4 heterocycles. The first-order valence-corrected chi connectivity index (χ1v) is 9.40. The van der Waals surface area contributed by atoms with E-state index in [1.54, 1.807) is 10.8 Å². The van der Waals surface area contributed by atoms with E-state index in [0.717, 1.165) is 31.0 Å². The van der Waals surface area contributed by atoms with E-state index in [4.69, 9.17) is 0 Å². The van der Waals surface area contributed by atoms with Crippen LogP contribution >= 0.6 is 0 Å². The summed E-state index contributed by atoms with van der Waals surface area (Å²) >= 11 is 0. The van der Waals surface area contributed by atoms with E-state index in [1.807, 2.05) is 24.1 Å². The summed E-state index contributed by atoms with van der Waals surface area (Å²) in [7, 11) is 1.93. The van der Waals surface area contributed by atoms with Gasteiger partial charge in [0.15, 0.2) is 5.65 Å². The summed E-state index contributed by atoms with van der Waals surface area (Å²) < 4.78 is 1.68. The summed E-state index contributed by atoms with van der Waals surface area (Å²) in [6.07, 6.45) is 6.39. The molecule has 0 spiro atoms. The van der Waals surface area contributed by atoms with Crippen molar-refractivity contribution in [3.63, 3.8) is 0 Å². The van der Waals surface area contributed by atoms with Crippen LogP contribution in [0.4, 0.5) is 5.82 Å². The molecule has 2 aliphatic heterocycles. The van der Waals surface area contributed by atoms with Gasteiger partial charge < -0.3 is 9.80 Å². The highest BCUT2D eigenvalue weighted by Crippen LogP contribution is 2.31. The van der Waals surface area contributed by atoms with Crippen molar-refractivity contribution in [1.29, 1.82) is 0 Å². The fraction of sp³-hybridized carbons (Fsp3) is 0.647. The Kier molecular flexibility index (Phi) is 3.79. The minimum atomic E-state index is -0.0918. The number of nitrogens with one attached hydrogen (secondary N) is 2. The van der Waals surface area contributed by atoms with Crippen molar-refractivity contribution in [2.45, 2.75) is 43.8 Å². The maximum atomic E-state index is 13.0. The van der Waals surface area contributed by atoms with E-state index in [9.17, 15) is 4.79 Å². The first-order chi connectivity index (χ1) is 12.7. The minimum absolute atomic E-state index is 0.0918. The SMILES string of the molecule is CN(C(=O)C1NNC2CCCCC21)C1CN(c2ccc3nncn3n2)C1. The van der Waals surface area contributed by atoms with Crippen molar-refractivity contribution in [2.24, 2.45) is 5.92 Å². The largest absolute Gasteiger partial charge is 0.351 e. The van der Waals surface area contributed by atoms with Crippen LogP contribution in [-0.4, -0.2) is 68.9 Å². The van der Waals surface area contributed by atoms with E-state index < -0.39 is 0 Å². The lowest BCUT2D eigenvalue weighted by atomic mass is 9.81. The number of hydrazine groups is 1. The fourth-order valence-corrected chi connectivity index (χ4v) is 4.46. The molecule has 9 heteroatoms. The molecule has 26 heavy (non-hydrogen) atoms. The van der Waals surface area contributed by atoms with E-state index in [2.05, 4.69) is 31.0 Å². The average molecular weight is 356 g/mol. The van der Waals surface area contributed by atoms with Gasteiger partial charge in [-0.2, -0.15) is 4.52 Å². The summed E-state index contributed by atoms with van der Waals surface area (Å²) in [5, 5.41) is 12.3. The maximum absolute atomic E-state index is 13.0. The molecule has 2 saturated heterocycles. The van der Waals surface area contributed by atoms with Crippen LogP contribution < -0.4 is 15.8 Å². The lowest BCUT2D eigenvalue weighted by Crippen LogP contribution is -2.62. The molecule has 1 amide bonds. The Morgan fingerprint density at radius 2 is 2.08 bits per heavy atom. The number of hydrogen-bond donors (Lipinski definition) is 2. The summed E-state index contributed by atoms with van der Waals surface area (Å²) in [5.74, 6) is 1.52. The molecule has 0 radical (unpaired) electrons. The van der Waals surface area contributed by atoms with Crippen molar-refractivity contribution in [1.82, 2.24) is 35.6 Å². The van der Waals surface area contributed by atoms with Crippen molar-refractivity contribution in [2.75, 3.05) is 25.0 Å². The molecule has 5 rings (SSSR count). The molecular formula is C17H24N8O. The lowest BCUT2D eigenvalue weighted by Gasteiger charge is -2.45. The molecule has 3 fully saturated rings. The Bertz CT molecular complexity index is 816. The van der Waals surface area contributed by atoms with Gasteiger partial charge in [0.25, 0.3) is 0 Å². The highest BCUT2D eigenvalue weighted by Gasteiger charge is 2.44. The number of nitrogens with zero attached hydrogens (tertiary/aromatic N) is 6. The third kappa shape index (κ3) is 2.53. The van der Waals surface area contributed by atoms with E-state index in [1.165, 1.54) is 19.3 Å². The molecule has 138 valence electrons. The second-order valence-electron chi connectivity index (χ2n) is 7.65. The zero-order chi connectivity index (χ0) is 17.7. The molecule has 3 unspecified atom stereocenters.